The van der Waals surface area contributed by atoms with Crippen LogP contribution in [0.25, 0.3) is 88.7 Å². The second-order valence-electron chi connectivity index (χ2n) is 12.6. The maximum absolute atomic E-state index is 5.41. The summed E-state index contributed by atoms with van der Waals surface area (Å²) in [6.07, 6.45) is 1.84. The number of hydrogen-bond acceptors (Lipinski definition) is 2. The van der Waals surface area contributed by atoms with Crippen LogP contribution in [0.1, 0.15) is 0 Å². The van der Waals surface area contributed by atoms with Gasteiger partial charge in [-0.2, -0.15) is 0 Å². The second kappa shape index (κ2) is 12.8. The van der Waals surface area contributed by atoms with E-state index in [-0.39, 0.29) is 0 Å². The van der Waals surface area contributed by atoms with Crippen LogP contribution in [0.3, 0.4) is 0 Å². The van der Waals surface area contributed by atoms with Crippen LogP contribution in [-0.4, -0.2) is 9.97 Å². The molecule has 0 bridgehead atoms. The van der Waals surface area contributed by atoms with Crippen LogP contribution in [-0.2, 0) is 0 Å². The molecule has 50 heavy (non-hydrogen) atoms. The zero-order valence-corrected chi connectivity index (χ0v) is 27.4. The monoisotopic (exact) mass is 636 g/mol. The molecular weight excluding hydrogens is 605 g/mol. The Morgan fingerprint density at radius 3 is 1.28 bits per heavy atom. The van der Waals surface area contributed by atoms with E-state index in [1.807, 2.05) is 18.3 Å². The molecule has 0 aliphatic heterocycles. The van der Waals surface area contributed by atoms with Crippen LogP contribution >= 0.6 is 0 Å². The van der Waals surface area contributed by atoms with Gasteiger partial charge in [-0.05, 0) is 74.2 Å². The number of fused-ring (bicyclic) bond motifs is 3. The van der Waals surface area contributed by atoms with Crippen molar-refractivity contribution in [1.29, 1.82) is 0 Å². The van der Waals surface area contributed by atoms with E-state index in [9.17, 15) is 0 Å². The van der Waals surface area contributed by atoms with Crippen molar-refractivity contribution in [2.75, 3.05) is 0 Å². The first-order valence-electron chi connectivity index (χ1n) is 17.0. The van der Waals surface area contributed by atoms with E-state index < -0.39 is 0 Å². The minimum atomic E-state index is 0.950. The molecule has 0 aliphatic carbocycles. The smallest absolute Gasteiger partial charge is 0.0794 e. The summed E-state index contributed by atoms with van der Waals surface area (Å²) in [6, 6.07) is 66.8. The highest BCUT2D eigenvalue weighted by Gasteiger charge is 2.16. The Morgan fingerprint density at radius 2 is 0.720 bits per heavy atom. The molecule has 0 amide bonds. The Labute approximate surface area is 292 Å². The van der Waals surface area contributed by atoms with E-state index in [1.165, 1.54) is 38.8 Å². The van der Waals surface area contributed by atoms with E-state index in [2.05, 4.69) is 181 Å². The van der Waals surface area contributed by atoms with Crippen molar-refractivity contribution in [1.82, 2.24) is 9.97 Å². The molecule has 9 rings (SSSR count). The van der Waals surface area contributed by atoms with Gasteiger partial charge in [0.05, 0.1) is 16.9 Å². The van der Waals surface area contributed by atoms with Gasteiger partial charge in [-0.3, -0.25) is 4.98 Å². The Bertz CT molecular complexity index is 2580. The molecule has 2 nitrogen and oxygen atoms in total. The topological polar surface area (TPSA) is 25.8 Å². The molecule has 0 saturated carbocycles. The molecule has 0 fully saturated rings. The van der Waals surface area contributed by atoms with E-state index in [0.717, 1.165) is 49.9 Å². The van der Waals surface area contributed by atoms with Crippen LogP contribution < -0.4 is 0 Å². The zero-order chi connectivity index (χ0) is 33.3. The number of aromatic nitrogens is 2. The van der Waals surface area contributed by atoms with Crippen molar-refractivity contribution < 1.29 is 0 Å². The molecule has 0 unspecified atom stereocenters. The minimum absolute atomic E-state index is 0.950. The summed E-state index contributed by atoms with van der Waals surface area (Å²) in [7, 11) is 0. The molecule has 0 N–H and O–H groups in total. The third-order valence-corrected chi connectivity index (χ3v) is 9.57. The fraction of sp³-hybridized carbons (Fsp3) is 0. The lowest BCUT2D eigenvalue weighted by Gasteiger charge is -2.16. The van der Waals surface area contributed by atoms with Gasteiger partial charge in [-0.15, -0.1) is 0 Å². The number of hydrogen-bond donors (Lipinski definition) is 0. The SMILES string of the molecule is c1ccc(-c2ccc(-c3cc(-c4ccc(-c5ccccn5)cc4)c4cc(-c5ccc(-c6ccccc6)cc5)c5ccccc5c4n3)cc2)cc1. The first-order valence-corrected chi connectivity index (χ1v) is 17.0. The predicted octanol–water partition coefficient (Wildman–Crippen LogP) is 12.8. The van der Waals surface area contributed by atoms with Crippen molar-refractivity contribution >= 4 is 21.7 Å². The van der Waals surface area contributed by atoms with Gasteiger partial charge in [-0.1, -0.05) is 164 Å². The normalized spacial score (nSPS) is 11.2. The first kappa shape index (κ1) is 29.5. The lowest BCUT2D eigenvalue weighted by molar-refractivity contribution is 1.33. The Hall–Kier alpha value is -6.64. The van der Waals surface area contributed by atoms with Crippen molar-refractivity contribution in [3.63, 3.8) is 0 Å². The van der Waals surface area contributed by atoms with Gasteiger partial charge in [0.15, 0.2) is 0 Å². The minimum Gasteiger partial charge on any atom is -0.256 e. The Morgan fingerprint density at radius 1 is 0.280 bits per heavy atom. The van der Waals surface area contributed by atoms with Gasteiger partial charge in [0, 0.05) is 28.1 Å². The lowest BCUT2D eigenvalue weighted by atomic mass is 9.90. The molecule has 0 atom stereocenters. The highest BCUT2D eigenvalue weighted by molar-refractivity contribution is 6.16. The molecule has 2 heteroatoms. The van der Waals surface area contributed by atoms with E-state index in [1.54, 1.807) is 0 Å². The average molecular weight is 637 g/mol. The zero-order valence-electron chi connectivity index (χ0n) is 27.4. The molecule has 0 spiro atoms. The summed E-state index contributed by atoms with van der Waals surface area (Å²) in [6.45, 7) is 0. The molecule has 7 aromatic carbocycles. The predicted molar refractivity (Wildman–Crippen MR) is 210 cm³/mol. The molecule has 9 aromatic rings. The summed E-state index contributed by atoms with van der Waals surface area (Å²) in [5.41, 5.74) is 14.6. The quantitative estimate of drug-likeness (QED) is 0.170. The second-order valence-corrected chi connectivity index (χ2v) is 12.6. The Kier molecular flexibility index (Phi) is 7.53. The molecule has 2 aromatic heterocycles. The molecule has 0 radical (unpaired) electrons. The van der Waals surface area contributed by atoms with Crippen molar-refractivity contribution in [3.05, 3.63) is 194 Å². The van der Waals surface area contributed by atoms with Gasteiger partial charge in [-0.25, -0.2) is 4.98 Å². The summed E-state index contributed by atoms with van der Waals surface area (Å²) >= 11 is 0. The van der Waals surface area contributed by atoms with E-state index in [4.69, 9.17) is 4.98 Å². The number of benzene rings is 7. The highest BCUT2D eigenvalue weighted by atomic mass is 14.7. The fourth-order valence-corrected chi connectivity index (χ4v) is 6.97. The average Bonchev–Trinajstić information content (AvgIpc) is 3.21. The summed E-state index contributed by atoms with van der Waals surface area (Å²) in [5.74, 6) is 0. The largest absolute Gasteiger partial charge is 0.256 e. The van der Waals surface area contributed by atoms with Crippen LogP contribution in [0.4, 0.5) is 0 Å². The highest BCUT2D eigenvalue weighted by Crippen LogP contribution is 2.41. The van der Waals surface area contributed by atoms with Gasteiger partial charge in [0.1, 0.15) is 0 Å². The van der Waals surface area contributed by atoms with Crippen LogP contribution in [0, 0.1) is 0 Å². The van der Waals surface area contributed by atoms with Gasteiger partial charge < -0.3 is 0 Å². The van der Waals surface area contributed by atoms with Crippen LogP contribution in [0.5, 0.6) is 0 Å². The summed E-state index contributed by atoms with van der Waals surface area (Å²) in [4.78, 5) is 9.98. The van der Waals surface area contributed by atoms with Crippen LogP contribution in [0.2, 0.25) is 0 Å². The molecule has 0 aliphatic rings. The standard InChI is InChI=1S/C48H32N2/c1-3-11-33(12-4-1)35-18-22-37(23-19-35)43-31-45-44(38-24-28-39(29-25-38)46-17-9-10-30-49-46)32-47(50-48(45)42-16-8-7-15-41(42)43)40-26-20-36(21-27-40)34-13-5-2-6-14-34/h1-32H. The van der Waals surface area contributed by atoms with Crippen molar-refractivity contribution in [2.45, 2.75) is 0 Å². The maximum Gasteiger partial charge on any atom is 0.0794 e. The molecular formula is C48H32N2. The fourth-order valence-electron chi connectivity index (χ4n) is 6.97. The van der Waals surface area contributed by atoms with Gasteiger partial charge >= 0.3 is 0 Å². The van der Waals surface area contributed by atoms with E-state index in [0.29, 0.717) is 0 Å². The van der Waals surface area contributed by atoms with Crippen molar-refractivity contribution in [2.24, 2.45) is 0 Å². The molecule has 0 saturated heterocycles. The number of pyridine rings is 2. The number of nitrogens with zero attached hydrogens (tertiary/aromatic N) is 2. The van der Waals surface area contributed by atoms with E-state index >= 15 is 0 Å². The summed E-state index contributed by atoms with van der Waals surface area (Å²) < 4.78 is 0. The molecule has 2 heterocycles. The summed E-state index contributed by atoms with van der Waals surface area (Å²) in [5, 5.41) is 3.45. The lowest BCUT2D eigenvalue weighted by Crippen LogP contribution is -1.94. The molecule has 234 valence electrons. The number of rotatable bonds is 6. The third kappa shape index (κ3) is 5.53. The first-order chi connectivity index (χ1) is 24.8. The van der Waals surface area contributed by atoms with Crippen molar-refractivity contribution in [3.8, 4) is 67.0 Å². The Balaban J connectivity index is 1.24. The van der Waals surface area contributed by atoms with Gasteiger partial charge in [0.25, 0.3) is 0 Å². The van der Waals surface area contributed by atoms with Gasteiger partial charge in [0.2, 0.25) is 0 Å². The maximum atomic E-state index is 5.41. The third-order valence-electron chi connectivity index (χ3n) is 9.57. The van der Waals surface area contributed by atoms with Crippen LogP contribution in [0.15, 0.2) is 194 Å².